The molecule has 0 aliphatic carbocycles. The van der Waals surface area contributed by atoms with Gasteiger partial charge in [-0.1, -0.05) is 0 Å². The Hall–Kier alpha value is -1.69. The van der Waals surface area contributed by atoms with Crippen molar-refractivity contribution < 1.29 is 4.74 Å². The van der Waals surface area contributed by atoms with Crippen LogP contribution >= 0.6 is 0 Å². The maximum absolute atomic E-state index is 7.61. The molecule has 0 amide bonds. The fourth-order valence-corrected chi connectivity index (χ4v) is 2.11. The summed E-state index contributed by atoms with van der Waals surface area (Å²) in [4.78, 5) is 10.5. The first kappa shape index (κ1) is 11.8. The van der Waals surface area contributed by atoms with Crippen LogP contribution in [0.2, 0.25) is 0 Å². The van der Waals surface area contributed by atoms with E-state index >= 15 is 0 Å². The van der Waals surface area contributed by atoms with Gasteiger partial charge in [-0.25, -0.2) is 9.97 Å². The van der Waals surface area contributed by atoms with E-state index in [0.717, 1.165) is 19.0 Å². The van der Waals surface area contributed by atoms with Crippen LogP contribution in [0, 0.1) is 5.41 Å². The average molecular weight is 235 g/mol. The van der Waals surface area contributed by atoms with Crippen molar-refractivity contribution in [3.8, 4) is 0 Å². The lowest BCUT2D eigenvalue weighted by atomic mass is 9.90. The molecule has 0 spiro atoms. The van der Waals surface area contributed by atoms with Gasteiger partial charge in [0.25, 0.3) is 0 Å². The van der Waals surface area contributed by atoms with Crippen molar-refractivity contribution in [3.63, 3.8) is 0 Å². The highest BCUT2D eigenvalue weighted by Crippen LogP contribution is 2.27. The van der Waals surface area contributed by atoms with E-state index in [2.05, 4.69) is 14.9 Å². The van der Waals surface area contributed by atoms with E-state index in [1.807, 2.05) is 0 Å². The van der Waals surface area contributed by atoms with E-state index in [0.29, 0.717) is 12.8 Å². The molecule has 1 aromatic heterocycles. The van der Waals surface area contributed by atoms with E-state index in [1.54, 1.807) is 25.6 Å². The Bertz CT molecular complexity index is 386. The average Bonchev–Trinajstić information content (AvgIpc) is 2.39. The first-order chi connectivity index (χ1) is 8.18. The Kier molecular flexibility index (Phi) is 3.23. The summed E-state index contributed by atoms with van der Waals surface area (Å²) in [5.74, 6) is 0.828. The molecule has 6 heteroatoms. The van der Waals surface area contributed by atoms with Crippen LogP contribution in [0.3, 0.4) is 0 Å². The summed E-state index contributed by atoms with van der Waals surface area (Å²) in [7, 11) is 1.61. The minimum atomic E-state index is -0.606. The fourth-order valence-electron chi connectivity index (χ4n) is 2.11. The van der Waals surface area contributed by atoms with Crippen LogP contribution in [0.4, 0.5) is 5.95 Å². The van der Waals surface area contributed by atoms with Crippen LogP contribution in [0.25, 0.3) is 0 Å². The molecule has 6 nitrogen and oxygen atoms in total. The maximum atomic E-state index is 7.61. The normalized spacial score (nSPS) is 19.0. The highest BCUT2D eigenvalue weighted by atomic mass is 16.5. The largest absolute Gasteiger partial charge is 0.385 e. The second-order valence-electron chi connectivity index (χ2n) is 4.15. The zero-order valence-electron chi connectivity index (χ0n) is 9.89. The fraction of sp³-hybridized carbons (Fsp3) is 0.545. The van der Waals surface area contributed by atoms with Crippen molar-refractivity contribution >= 4 is 11.8 Å². The number of methoxy groups -OCH3 is 1. The van der Waals surface area contributed by atoms with E-state index in [-0.39, 0.29) is 5.84 Å². The molecule has 0 bridgehead atoms. The Morgan fingerprint density at radius 1 is 1.41 bits per heavy atom. The number of nitrogens with two attached hydrogens (primary N) is 1. The summed E-state index contributed by atoms with van der Waals surface area (Å²) in [6, 6.07) is 1.79. The molecule has 17 heavy (non-hydrogen) atoms. The quantitative estimate of drug-likeness (QED) is 0.584. The SMILES string of the molecule is COC1(C(=N)N)CCN(c2ncccn2)CC1. The van der Waals surface area contributed by atoms with Crippen LogP contribution in [0.15, 0.2) is 18.5 Å². The number of hydrogen-bond acceptors (Lipinski definition) is 5. The summed E-state index contributed by atoms with van der Waals surface area (Å²) >= 11 is 0. The van der Waals surface area contributed by atoms with E-state index in [1.165, 1.54) is 0 Å². The monoisotopic (exact) mass is 235 g/mol. The molecule has 1 saturated heterocycles. The molecule has 0 atom stereocenters. The second kappa shape index (κ2) is 4.67. The summed E-state index contributed by atoms with van der Waals surface area (Å²) in [5.41, 5.74) is 5.00. The summed E-state index contributed by atoms with van der Waals surface area (Å²) in [6.07, 6.45) is 4.84. The van der Waals surface area contributed by atoms with Crippen LogP contribution in [0.1, 0.15) is 12.8 Å². The highest BCUT2D eigenvalue weighted by Gasteiger charge is 2.38. The second-order valence-corrected chi connectivity index (χ2v) is 4.15. The lowest BCUT2D eigenvalue weighted by Gasteiger charge is -2.39. The van der Waals surface area contributed by atoms with Gasteiger partial charge in [-0.05, 0) is 6.07 Å². The number of hydrogen-bond donors (Lipinski definition) is 2. The van der Waals surface area contributed by atoms with E-state index < -0.39 is 5.60 Å². The van der Waals surface area contributed by atoms with E-state index in [9.17, 15) is 0 Å². The number of amidine groups is 1. The van der Waals surface area contributed by atoms with Crippen molar-refractivity contribution in [2.24, 2.45) is 5.73 Å². The summed E-state index contributed by atoms with van der Waals surface area (Å²) in [5, 5.41) is 7.61. The third-order valence-corrected chi connectivity index (χ3v) is 3.29. The van der Waals surface area contributed by atoms with Gasteiger partial charge in [-0.2, -0.15) is 0 Å². The Balaban J connectivity index is 2.05. The number of nitrogens with one attached hydrogen (secondary N) is 1. The molecule has 3 N–H and O–H groups in total. The third-order valence-electron chi connectivity index (χ3n) is 3.29. The molecule has 2 heterocycles. The first-order valence-corrected chi connectivity index (χ1v) is 5.59. The standard InChI is InChI=1S/C11H17N5O/c1-17-11(9(12)13)3-7-16(8-4-11)10-14-5-2-6-15-10/h2,5-6H,3-4,7-8H2,1H3,(H3,12,13). The molecule has 0 saturated carbocycles. The predicted molar refractivity (Wildman–Crippen MR) is 65.1 cm³/mol. The molecule has 0 unspecified atom stereocenters. The maximum Gasteiger partial charge on any atom is 0.225 e. The number of rotatable bonds is 3. The number of aromatic nitrogens is 2. The molecule has 1 aliphatic heterocycles. The predicted octanol–water partition coefficient (Wildman–Crippen LogP) is 0.398. The van der Waals surface area contributed by atoms with Crippen LogP contribution in [0.5, 0.6) is 0 Å². The van der Waals surface area contributed by atoms with Gasteiger partial charge >= 0.3 is 0 Å². The van der Waals surface area contributed by atoms with Gasteiger partial charge in [0.2, 0.25) is 5.95 Å². The number of nitrogens with zero attached hydrogens (tertiary/aromatic N) is 3. The molecule has 1 fully saturated rings. The lowest BCUT2D eigenvalue weighted by Crippen LogP contribution is -2.53. The molecular weight excluding hydrogens is 218 g/mol. The van der Waals surface area contributed by atoms with Gasteiger partial charge in [0, 0.05) is 45.4 Å². The van der Waals surface area contributed by atoms with Crippen molar-refractivity contribution in [2.75, 3.05) is 25.1 Å². The van der Waals surface area contributed by atoms with Gasteiger partial charge in [0.15, 0.2) is 0 Å². The molecule has 92 valence electrons. The summed E-state index contributed by atoms with van der Waals surface area (Å²) < 4.78 is 5.41. The van der Waals surface area contributed by atoms with Crippen molar-refractivity contribution in [1.82, 2.24) is 9.97 Å². The zero-order valence-corrected chi connectivity index (χ0v) is 9.89. The molecule has 2 rings (SSSR count). The molecule has 1 aromatic rings. The summed E-state index contributed by atoms with van der Waals surface area (Å²) in [6.45, 7) is 1.49. The Morgan fingerprint density at radius 2 is 2.00 bits per heavy atom. The van der Waals surface area contributed by atoms with Gasteiger partial charge in [0.1, 0.15) is 11.4 Å². The first-order valence-electron chi connectivity index (χ1n) is 5.59. The minimum Gasteiger partial charge on any atom is -0.385 e. The Labute approximate surface area is 100 Å². The topological polar surface area (TPSA) is 88.1 Å². The molecular formula is C11H17N5O. The van der Waals surface area contributed by atoms with Crippen molar-refractivity contribution in [3.05, 3.63) is 18.5 Å². The molecule has 0 radical (unpaired) electrons. The number of anilines is 1. The van der Waals surface area contributed by atoms with Crippen LogP contribution in [-0.2, 0) is 4.74 Å². The van der Waals surface area contributed by atoms with Gasteiger partial charge in [-0.3, -0.25) is 5.41 Å². The van der Waals surface area contributed by atoms with Crippen LogP contribution in [-0.4, -0.2) is 41.6 Å². The van der Waals surface area contributed by atoms with Crippen molar-refractivity contribution in [2.45, 2.75) is 18.4 Å². The number of piperidine rings is 1. The molecule has 1 aliphatic rings. The Morgan fingerprint density at radius 3 is 2.47 bits per heavy atom. The van der Waals surface area contributed by atoms with E-state index in [4.69, 9.17) is 15.9 Å². The molecule has 0 aromatic carbocycles. The zero-order chi connectivity index (χ0) is 12.3. The lowest BCUT2D eigenvalue weighted by molar-refractivity contribution is 0.0278. The minimum absolute atomic E-state index is 0.105. The smallest absolute Gasteiger partial charge is 0.225 e. The van der Waals surface area contributed by atoms with Gasteiger partial charge in [0.05, 0.1) is 0 Å². The van der Waals surface area contributed by atoms with Crippen molar-refractivity contribution in [1.29, 1.82) is 5.41 Å². The highest BCUT2D eigenvalue weighted by molar-refractivity contribution is 5.86. The van der Waals surface area contributed by atoms with Crippen LogP contribution < -0.4 is 10.6 Å². The third kappa shape index (κ3) is 2.21. The van der Waals surface area contributed by atoms with Gasteiger partial charge < -0.3 is 15.4 Å². The number of ether oxygens (including phenoxy) is 1. The van der Waals surface area contributed by atoms with Gasteiger partial charge in [-0.15, -0.1) is 0 Å².